The predicted molar refractivity (Wildman–Crippen MR) is 99.1 cm³/mol. The molecule has 2 atom stereocenters. The summed E-state index contributed by atoms with van der Waals surface area (Å²) in [6, 6.07) is 2.49. The lowest BCUT2D eigenvalue weighted by Crippen LogP contribution is -2.44. The number of carbonyl (C=O) groups excluding carboxylic acids is 1. The fourth-order valence-corrected chi connectivity index (χ4v) is 4.20. The zero-order chi connectivity index (χ0) is 19.5. The van der Waals surface area contributed by atoms with Crippen LogP contribution in [0.5, 0.6) is 0 Å². The molecule has 26 heavy (non-hydrogen) atoms. The second kappa shape index (κ2) is 8.20. The Morgan fingerprint density at radius 1 is 1.08 bits per heavy atom. The van der Waals surface area contributed by atoms with Crippen LogP contribution in [0.2, 0.25) is 0 Å². The van der Waals surface area contributed by atoms with Gasteiger partial charge in [0, 0.05) is 17.9 Å². The number of aryl methyl sites for hydroxylation is 1. The Morgan fingerprint density at radius 3 is 2.27 bits per heavy atom. The molecule has 1 saturated carbocycles. The number of hydrogen-bond acceptors (Lipinski definition) is 4. The number of benzene rings is 1. The van der Waals surface area contributed by atoms with E-state index in [9.17, 15) is 23.1 Å². The van der Waals surface area contributed by atoms with Crippen LogP contribution in [0.1, 0.15) is 60.0 Å². The van der Waals surface area contributed by atoms with E-state index in [1.165, 1.54) is 6.07 Å². The van der Waals surface area contributed by atoms with E-state index in [1.807, 2.05) is 0 Å². The SMILES string of the molecule is Cc1cc(S(C)(=O)=O)cc(C(=O)NC2CCCCCCC2C(=O)O)c1C. The third-order valence-electron chi connectivity index (χ3n) is 5.21. The number of carboxylic acid groups (broad SMARTS) is 1. The highest BCUT2D eigenvalue weighted by molar-refractivity contribution is 7.90. The summed E-state index contributed by atoms with van der Waals surface area (Å²) in [7, 11) is -3.44. The zero-order valence-corrected chi connectivity index (χ0v) is 16.4. The lowest BCUT2D eigenvalue weighted by atomic mass is 9.86. The lowest BCUT2D eigenvalue weighted by molar-refractivity contribution is -0.143. The van der Waals surface area contributed by atoms with Gasteiger partial charge in [0.05, 0.1) is 10.8 Å². The second-order valence-electron chi connectivity index (χ2n) is 7.20. The Kier molecular flexibility index (Phi) is 6.44. The van der Waals surface area contributed by atoms with Crippen molar-refractivity contribution in [1.82, 2.24) is 5.32 Å². The second-order valence-corrected chi connectivity index (χ2v) is 9.22. The predicted octanol–water partition coefficient (Wildman–Crippen LogP) is 2.86. The molecule has 0 aliphatic heterocycles. The molecule has 0 aromatic heterocycles. The van der Waals surface area contributed by atoms with Crippen molar-refractivity contribution in [3.05, 3.63) is 28.8 Å². The molecule has 1 aromatic rings. The van der Waals surface area contributed by atoms with Crippen LogP contribution in [0.15, 0.2) is 17.0 Å². The van der Waals surface area contributed by atoms with Crippen molar-refractivity contribution in [2.45, 2.75) is 63.3 Å². The van der Waals surface area contributed by atoms with Gasteiger partial charge in [-0.2, -0.15) is 0 Å². The molecule has 1 aliphatic rings. The molecular formula is C19H27NO5S. The largest absolute Gasteiger partial charge is 0.481 e. The summed E-state index contributed by atoms with van der Waals surface area (Å²) in [4.78, 5) is 24.6. The molecule has 2 unspecified atom stereocenters. The van der Waals surface area contributed by atoms with Gasteiger partial charge in [-0.15, -0.1) is 0 Å². The molecule has 144 valence electrons. The number of amides is 1. The number of carbonyl (C=O) groups is 2. The van der Waals surface area contributed by atoms with Gasteiger partial charge in [0.15, 0.2) is 9.84 Å². The number of sulfone groups is 1. The number of hydrogen-bond donors (Lipinski definition) is 2. The minimum atomic E-state index is -3.44. The van der Waals surface area contributed by atoms with Gasteiger partial charge in [-0.3, -0.25) is 9.59 Å². The summed E-state index contributed by atoms with van der Waals surface area (Å²) >= 11 is 0. The molecule has 0 heterocycles. The van der Waals surface area contributed by atoms with E-state index in [0.29, 0.717) is 24.0 Å². The highest BCUT2D eigenvalue weighted by Gasteiger charge is 2.30. The van der Waals surface area contributed by atoms with Gasteiger partial charge in [0.25, 0.3) is 5.91 Å². The first-order valence-electron chi connectivity index (χ1n) is 8.96. The topological polar surface area (TPSA) is 101 Å². The van der Waals surface area contributed by atoms with E-state index in [1.54, 1.807) is 19.9 Å². The maximum atomic E-state index is 12.8. The lowest BCUT2D eigenvalue weighted by Gasteiger charge is -2.27. The minimum absolute atomic E-state index is 0.0956. The van der Waals surface area contributed by atoms with Crippen molar-refractivity contribution in [2.24, 2.45) is 5.92 Å². The number of carboxylic acids is 1. The Labute approximate surface area is 154 Å². The smallest absolute Gasteiger partial charge is 0.308 e. The van der Waals surface area contributed by atoms with Crippen LogP contribution >= 0.6 is 0 Å². The zero-order valence-electron chi connectivity index (χ0n) is 15.5. The first-order chi connectivity index (χ1) is 12.1. The summed E-state index contributed by atoms with van der Waals surface area (Å²) < 4.78 is 23.8. The molecular weight excluding hydrogens is 354 g/mol. The Morgan fingerprint density at radius 2 is 1.69 bits per heavy atom. The number of aliphatic carboxylic acids is 1. The number of nitrogens with one attached hydrogen (secondary N) is 1. The van der Waals surface area contributed by atoms with Crippen molar-refractivity contribution in [3.63, 3.8) is 0 Å². The number of rotatable bonds is 4. The highest BCUT2D eigenvalue weighted by atomic mass is 32.2. The molecule has 2 rings (SSSR count). The van der Waals surface area contributed by atoms with E-state index in [0.717, 1.165) is 31.9 Å². The van der Waals surface area contributed by atoms with Crippen molar-refractivity contribution >= 4 is 21.7 Å². The average molecular weight is 381 g/mol. The average Bonchev–Trinajstić information content (AvgIpc) is 2.50. The van der Waals surface area contributed by atoms with E-state index in [-0.39, 0.29) is 10.5 Å². The normalized spacial score (nSPS) is 21.5. The quantitative estimate of drug-likeness (QED) is 0.835. The molecule has 0 spiro atoms. The molecule has 6 nitrogen and oxygen atoms in total. The summed E-state index contributed by atoms with van der Waals surface area (Å²) in [5.74, 6) is -1.92. The molecule has 1 aliphatic carbocycles. The van der Waals surface area contributed by atoms with Gasteiger partial charge in [-0.1, -0.05) is 25.7 Å². The maximum absolute atomic E-state index is 12.8. The van der Waals surface area contributed by atoms with Gasteiger partial charge >= 0.3 is 5.97 Å². The standard InChI is InChI=1S/C19H27NO5S/c1-12-10-14(26(3,24)25)11-16(13(12)2)18(21)20-17-9-7-5-4-6-8-15(17)19(22)23/h10-11,15,17H,4-9H2,1-3H3,(H,20,21)(H,22,23). The minimum Gasteiger partial charge on any atom is -0.481 e. The first kappa shape index (κ1) is 20.4. The molecule has 2 N–H and O–H groups in total. The van der Waals surface area contributed by atoms with Crippen LogP contribution in [0.3, 0.4) is 0 Å². The van der Waals surface area contributed by atoms with Crippen LogP contribution < -0.4 is 5.32 Å². The van der Waals surface area contributed by atoms with Crippen LogP contribution in [-0.4, -0.2) is 37.7 Å². The summed E-state index contributed by atoms with van der Waals surface area (Å²) in [5.41, 5.74) is 1.70. The Hall–Kier alpha value is -1.89. The monoisotopic (exact) mass is 381 g/mol. The maximum Gasteiger partial charge on any atom is 0.308 e. The van der Waals surface area contributed by atoms with Crippen molar-refractivity contribution in [3.8, 4) is 0 Å². The first-order valence-corrected chi connectivity index (χ1v) is 10.9. The van der Waals surface area contributed by atoms with Gasteiger partial charge in [0.1, 0.15) is 0 Å². The third-order valence-corrected chi connectivity index (χ3v) is 6.31. The van der Waals surface area contributed by atoms with Crippen LogP contribution in [0, 0.1) is 19.8 Å². The molecule has 1 fully saturated rings. The van der Waals surface area contributed by atoms with Crippen molar-refractivity contribution in [1.29, 1.82) is 0 Å². The molecule has 1 aromatic carbocycles. The van der Waals surface area contributed by atoms with Crippen molar-refractivity contribution in [2.75, 3.05) is 6.26 Å². The summed E-state index contributed by atoms with van der Waals surface area (Å²) in [6.45, 7) is 3.53. The highest BCUT2D eigenvalue weighted by Crippen LogP contribution is 2.25. The molecule has 0 bridgehead atoms. The van der Waals surface area contributed by atoms with Crippen LogP contribution in [0.4, 0.5) is 0 Å². The van der Waals surface area contributed by atoms with Crippen LogP contribution in [-0.2, 0) is 14.6 Å². The molecule has 7 heteroatoms. The summed E-state index contributed by atoms with van der Waals surface area (Å²) in [6.07, 6.45) is 6.02. The summed E-state index contributed by atoms with van der Waals surface area (Å²) in [5, 5.41) is 12.4. The van der Waals surface area contributed by atoms with E-state index in [4.69, 9.17) is 0 Å². The molecule has 1 amide bonds. The van der Waals surface area contributed by atoms with Crippen molar-refractivity contribution < 1.29 is 23.1 Å². The van der Waals surface area contributed by atoms with Gasteiger partial charge in [0.2, 0.25) is 0 Å². The van der Waals surface area contributed by atoms with E-state index in [2.05, 4.69) is 5.32 Å². The fraction of sp³-hybridized carbons (Fsp3) is 0.579. The van der Waals surface area contributed by atoms with E-state index >= 15 is 0 Å². The Balaban J connectivity index is 2.32. The molecule has 0 radical (unpaired) electrons. The van der Waals surface area contributed by atoms with Crippen LogP contribution in [0.25, 0.3) is 0 Å². The third kappa shape index (κ3) is 4.84. The molecule has 0 saturated heterocycles. The van der Waals surface area contributed by atoms with Gasteiger partial charge in [-0.05, 0) is 49.9 Å². The van der Waals surface area contributed by atoms with E-state index < -0.39 is 33.7 Å². The van der Waals surface area contributed by atoms with Gasteiger partial charge < -0.3 is 10.4 Å². The Bertz CT molecular complexity index is 800. The fourth-order valence-electron chi connectivity index (χ4n) is 3.48. The van der Waals surface area contributed by atoms with Gasteiger partial charge in [-0.25, -0.2) is 8.42 Å².